The molecule has 1 N–H and O–H groups in total. The largest absolute Gasteiger partial charge is 0.317 e. The predicted molar refractivity (Wildman–Crippen MR) is 97.9 cm³/mol. The lowest BCUT2D eigenvalue weighted by Crippen LogP contribution is -2.27. The molecule has 2 aromatic rings. The van der Waals surface area contributed by atoms with Gasteiger partial charge in [-0.15, -0.1) is 0 Å². The molecular formula is C18H26N4O2S. The molecular weight excluding hydrogens is 336 g/mol. The summed E-state index contributed by atoms with van der Waals surface area (Å²) in [6.07, 6.45) is 2.15. The highest BCUT2D eigenvalue weighted by molar-refractivity contribution is 7.89. The Kier molecular flexibility index (Phi) is 5.27. The standard InChI is InChI=1S/C18H26N4O2S/c1-14-4-6-17(7-5-14)25(23,24)21(2)13-16-12-18(20-22(16)3)15-8-10-19-11-9-15/h4-7,12,15,19H,8-11,13H2,1-3H3. The second-order valence-electron chi connectivity index (χ2n) is 6.78. The van der Waals surface area contributed by atoms with E-state index in [0.29, 0.717) is 17.4 Å². The molecule has 1 fully saturated rings. The summed E-state index contributed by atoms with van der Waals surface area (Å²) >= 11 is 0. The SMILES string of the molecule is Cc1ccc(S(=O)(=O)N(C)Cc2cc(C3CCNCC3)nn2C)cc1. The highest BCUT2D eigenvalue weighted by Gasteiger charge is 2.24. The molecule has 0 radical (unpaired) electrons. The Balaban J connectivity index is 1.77. The van der Waals surface area contributed by atoms with Crippen LogP contribution in [0.4, 0.5) is 0 Å². The topological polar surface area (TPSA) is 67.2 Å². The Morgan fingerprint density at radius 2 is 1.88 bits per heavy atom. The molecule has 0 amide bonds. The van der Waals surface area contributed by atoms with Crippen molar-refractivity contribution in [1.82, 2.24) is 19.4 Å². The van der Waals surface area contributed by atoms with Crippen molar-refractivity contribution < 1.29 is 8.42 Å². The van der Waals surface area contributed by atoms with Gasteiger partial charge in [0.15, 0.2) is 0 Å². The average Bonchev–Trinajstić information content (AvgIpc) is 2.97. The van der Waals surface area contributed by atoms with Crippen molar-refractivity contribution in [3.63, 3.8) is 0 Å². The fourth-order valence-corrected chi connectivity index (χ4v) is 4.34. The molecule has 1 aliphatic heterocycles. The van der Waals surface area contributed by atoms with Crippen molar-refractivity contribution in [1.29, 1.82) is 0 Å². The molecule has 0 unspecified atom stereocenters. The predicted octanol–water partition coefficient (Wildman–Crippen LogP) is 2.02. The van der Waals surface area contributed by atoms with Crippen LogP contribution < -0.4 is 5.32 Å². The molecule has 1 aromatic carbocycles. The smallest absolute Gasteiger partial charge is 0.243 e. The van der Waals surface area contributed by atoms with E-state index in [2.05, 4.69) is 16.5 Å². The van der Waals surface area contributed by atoms with Gasteiger partial charge in [-0.05, 0) is 51.1 Å². The number of hydrogen-bond donors (Lipinski definition) is 1. The van der Waals surface area contributed by atoms with Crippen molar-refractivity contribution in [2.24, 2.45) is 7.05 Å². The summed E-state index contributed by atoms with van der Waals surface area (Å²) in [6.45, 7) is 4.28. The van der Waals surface area contributed by atoms with Gasteiger partial charge in [-0.2, -0.15) is 9.40 Å². The summed E-state index contributed by atoms with van der Waals surface area (Å²) in [7, 11) is -0.00543. The number of rotatable bonds is 5. The number of nitrogens with zero attached hydrogens (tertiary/aromatic N) is 3. The Bertz CT molecular complexity index is 821. The number of aromatic nitrogens is 2. The van der Waals surface area contributed by atoms with Crippen molar-refractivity contribution >= 4 is 10.0 Å². The van der Waals surface area contributed by atoms with Crippen LogP contribution in [0.3, 0.4) is 0 Å². The van der Waals surface area contributed by atoms with Gasteiger partial charge in [-0.1, -0.05) is 17.7 Å². The van der Waals surface area contributed by atoms with Crippen molar-refractivity contribution in [3.05, 3.63) is 47.3 Å². The van der Waals surface area contributed by atoms with Gasteiger partial charge in [0, 0.05) is 20.0 Å². The van der Waals surface area contributed by atoms with Crippen LogP contribution in [-0.2, 0) is 23.6 Å². The summed E-state index contributed by atoms with van der Waals surface area (Å²) < 4.78 is 28.7. The zero-order valence-corrected chi connectivity index (χ0v) is 15.9. The van der Waals surface area contributed by atoms with E-state index >= 15 is 0 Å². The van der Waals surface area contributed by atoms with Gasteiger partial charge in [0.1, 0.15) is 0 Å². The number of piperidine rings is 1. The molecule has 2 heterocycles. The third-order valence-electron chi connectivity index (χ3n) is 4.87. The monoisotopic (exact) mass is 362 g/mol. The van der Waals surface area contributed by atoms with Crippen LogP contribution >= 0.6 is 0 Å². The number of sulfonamides is 1. The molecule has 7 heteroatoms. The Hall–Kier alpha value is -1.70. The molecule has 0 aliphatic carbocycles. The van der Waals surface area contributed by atoms with E-state index in [-0.39, 0.29) is 0 Å². The van der Waals surface area contributed by atoms with Crippen LogP contribution in [0.2, 0.25) is 0 Å². The fraction of sp³-hybridized carbons (Fsp3) is 0.500. The summed E-state index contributed by atoms with van der Waals surface area (Å²) in [5.74, 6) is 0.459. The minimum absolute atomic E-state index is 0.310. The minimum Gasteiger partial charge on any atom is -0.317 e. The Morgan fingerprint density at radius 1 is 1.24 bits per heavy atom. The lowest BCUT2D eigenvalue weighted by atomic mass is 9.95. The first kappa shape index (κ1) is 18.1. The van der Waals surface area contributed by atoms with Crippen LogP contribution in [0.5, 0.6) is 0 Å². The second kappa shape index (κ2) is 7.27. The molecule has 0 atom stereocenters. The minimum atomic E-state index is -3.50. The first-order chi connectivity index (χ1) is 11.9. The average molecular weight is 362 g/mol. The summed E-state index contributed by atoms with van der Waals surface area (Å²) in [5.41, 5.74) is 3.02. The maximum Gasteiger partial charge on any atom is 0.243 e. The van der Waals surface area contributed by atoms with Crippen LogP contribution in [0.15, 0.2) is 35.2 Å². The van der Waals surface area contributed by atoms with Crippen LogP contribution in [0.1, 0.15) is 35.7 Å². The van der Waals surface area contributed by atoms with E-state index in [0.717, 1.165) is 42.9 Å². The first-order valence-corrected chi connectivity index (χ1v) is 10.1. The number of benzene rings is 1. The summed E-state index contributed by atoms with van der Waals surface area (Å²) in [6, 6.07) is 9.01. The number of hydrogen-bond acceptors (Lipinski definition) is 4. The highest BCUT2D eigenvalue weighted by Crippen LogP contribution is 2.25. The molecule has 136 valence electrons. The van der Waals surface area contributed by atoms with Gasteiger partial charge in [-0.3, -0.25) is 4.68 Å². The van der Waals surface area contributed by atoms with Crippen LogP contribution in [0, 0.1) is 6.92 Å². The molecule has 0 spiro atoms. The van der Waals surface area contributed by atoms with Gasteiger partial charge in [0.2, 0.25) is 10.0 Å². The van der Waals surface area contributed by atoms with E-state index in [1.54, 1.807) is 23.9 Å². The van der Waals surface area contributed by atoms with E-state index in [1.165, 1.54) is 4.31 Å². The Morgan fingerprint density at radius 3 is 2.52 bits per heavy atom. The zero-order valence-electron chi connectivity index (χ0n) is 15.1. The van der Waals surface area contributed by atoms with Crippen LogP contribution in [-0.4, -0.2) is 42.6 Å². The summed E-state index contributed by atoms with van der Waals surface area (Å²) in [4.78, 5) is 0.321. The van der Waals surface area contributed by atoms with Gasteiger partial charge in [0.05, 0.1) is 22.8 Å². The van der Waals surface area contributed by atoms with Gasteiger partial charge in [0.25, 0.3) is 0 Å². The zero-order chi connectivity index (χ0) is 18.0. The van der Waals surface area contributed by atoms with Crippen LogP contribution in [0.25, 0.3) is 0 Å². The fourth-order valence-electron chi connectivity index (χ4n) is 3.20. The molecule has 0 saturated carbocycles. The molecule has 25 heavy (non-hydrogen) atoms. The first-order valence-electron chi connectivity index (χ1n) is 8.64. The van der Waals surface area contributed by atoms with E-state index < -0.39 is 10.0 Å². The molecule has 1 aliphatic rings. The van der Waals surface area contributed by atoms with Gasteiger partial charge in [-0.25, -0.2) is 8.42 Å². The van der Waals surface area contributed by atoms with Gasteiger partial charge >= 0.3 is 0 Å². The Labute approximate surface area is 149 Å². The third kappa shape index (κ3) is 3.94. The molecule has 6 nitrogen and oxygen atoms in total. The second-order valence-corrected chi connectivity index (χ2v) is 8.83. The van der Waals surface area contributed by atoms with Gasteiger partial charge < -0.3 is 5.32 Å². The van der Waals surface area contributed by atoms with Crippen molar-refractivity contribution in [2.45, 2.75) is 37.1 Å². The number of aryl methyl sites for hydroxylation is 2. The molecule has 3 rings (SSSR count). The maximum atomic E-state index is 12.8. The normalized spacial score (nSPS) is 16.5. The van der Waals surface area contributed by atoms with E-state index in [4.69, 9.17) is 0 Å². The lowest BCUT2D eigenvalue weighted by molar-refractivity contribution is 0.446. The lowest BCUT2D eigenvalue weighted by Gasteiger charge is -2.20. The van der Waals surface area contributed by atoms with E-state index in [1.807, 2.05) is 26.1 Å². The molecule has 1 aromatic heterocycles. The van der Waals surface area contributed by atoms with Crippen molar-refractivity contribution in [2.75, 3.05) is 20.1 Å². The van der Waals surface area contributed by atoms with Crippen molar-refractivity contribution in [3.8, 4) is 0 Å². The highest BCUT2D eigenvalue weighted by atomic mass is 32.2. The molecule has 1 saturated heterocycles. The third-order valence-corrected chi connectivity index (χ3v) is 6.68. The van der Waals surface area contributed by atoms with E-state index in [9.17, 15) is 8.42 Å². The summed E-state index contributed by atoms with van der Waals surface area (Å²) in [5, 5.41) is 7.98. The number of nitrogens with one attached hydrogen (secondary N) is 1. The quantitative estimate of drug-likeness (QED) is 0.884. The molecule has 0 bridgehead atoms. The maximum absolute atomic E-state index is 12.8.